The third-order valence-corrected chi connectivity index (χ3v) is 1.68. The predicted molar refractivity (Wildman–Crippen MR) is 59.6 cm³/mol. The van der Waals surface area contributed by atoms with Crippen LogP contribution in [-0.4, -0.2) is 32.2 Å². The third-order valence-electron chi connectivity index (χ3n) is 1.68. The summed E-state index contributed by atoms with van der Waals surface area (Å²) in [5.74, 6) is 0.340. The summed E-state index contributed by atoms with van der Waals surface area (Å²) < 4.78 is 4.47. The van der Waals surface area contributed by atoms with E-state index < -0.39 is 0 Å². The van der Waals surface area contributed by atoms with Crippen molar-refractivity contribution in [2.75, 3.05) is 20.2 Å². The number of nitrogens with two attached hydrogens (primary N) is 1. The molecular weight excluding hydrogens is 204 g/mol. The summed E-state index contributed by atoms with van der Waals surface area (Å²) in [5, 5.41) is 2.94. The number of hydrogen-bond acceptors (Lipinski definition) is 4. The van der Waals surface area contributed by atoms with Gasteiger partial charge in [0, 0.05) is 12.6 Å². The van der Waals surface area contributed by atoms with Gasteiger partial charge in [-0.2, -0.15) is 0 Å². The zero-order valence-electron chi connectivity index (χ0n) is 9.08. The molecule has 0 aromatic heterocycles. The molecule has 5 heteroatoms. The fraction of sp³-hybridized carbons (Fsp3) is 0.889. The van der Waals surface area contributed by atoms with Crippen LogP contribution in [0.15, 0.2) is 0 Å². The van der Waals surface area contributed by atoms with E-state index in [1.54, 1.807) is 0 Å². The molecule has 0 fully saturated rings. The van der Waals surface area contributed by atoms with Gasteiger partial charge in [-0.25, -0.2) is 0 Å². The largest absolute Gasteiger partial charge is 0.468 e. The number of carbonyl (C=O) groups excluding carboxylic acids is 1. The van der Waals surface area contributed by atoms with E-state index in [-0.39, 0.29) is 31.0 Å². The van der Waals surface area contributed by atoms with Crippen LogP contribution in [0.3, 0.4) is 0 Å². The molecule has 0 aliphatic carbocycles. The molecule has 0 aromatic carbocycles. The molecule has 4 nitrogen and oxygen atoms in total. The van der Waals surface area contributed by atoms with Crippen molar-refractivity contribution in [3.63, 3.8) is 0 Å². The lowest BCUT2D eigenvalue weighted by molar-refractivity contribution is -0.139. The first-order valence-electron chi connectivity index (χ1n) is 4.59. The van der Waals surface area contributed by atoms with E-state index in [2.05, 4.69) is 23.9 Å². The number of methoxy groups -OCH3 is 1. The SMILES string of the molecule is COC(=O)CNC[C@@H](N)CC(C)C.Cl. The molecule has 0 aromatic rings. The van der Waals surface area contributed by atoms with Gasteiger partial charge in [-0.3, -0.25) is 4.79 Å². The van der Waals surface area contributed by atoms with Crippen LogP contribution in [-0.2, 0) is 9.53 Å². The van der Waals surface area contributed by atoms with Crippen LogP contribution in [0, 0.1) is 5.92 Å². The summed E-state index contributed by atoms with van der Waals surface area (Å²) in [6.45, 7) is 5.15. The second-order valence-corrected chi connectivity index (χ2v) is 3.60. The van der Waals surface area contributed by atoms with Gasteiger partial charge in [-0.1, -0.05) is 13.8 Å². The van der Waals surface area contributed by atoms with Crippen molar-refractivity contribution >= 4 is 18.4 Å². The van der Waals surface area contributed by atoms with Gasteiger partial charge in [0.15, 0.2) is 0 Å². The molecular formula is C9H21ClN2O2. The Kier molecular flexibility index (Phi) is 10.6. The number of esters is 1. The van der Waals surface area contributed by atoms with Crippen molar-refractivity contribution in [1.82, 2.24) is 5.32 Å². The number of rotatable bonds is 6. The van der Waals surface area contributed by atoms with Crippen LogP contribution in [0.4, 0.5) is 0 Å². The zero-order valence-corrected chi connectivity index (χ0v) is 9.89. The summed E-state index contributed by atoms with van der Waals surface area (Å²) in [7, 11) is 1.37. The molecule has 0 radical (unpaired) electrons. The van der Waals surface area contributed by atoms with E-state index in [1.165, 1.54) is 7.11 Å². The molecule has 0 saturated heterocycles. The van der Waals surface area contributed by atoms with E-state index in [4.69, 9.17) is 5.73 Å². The summed E-state index contributed by atoms with van der Waals surface area (Å²) in [5.41, 5.74) is 5.79. The smallest absolute Gasteiger partial charge is 0.319 e. The van der Waals surface area contributed by atoms with Gasteiger partial charge in [-0.15, -0.1) is 12.4 Å². The summed E-state index contributed by atoms with van der Waals surface area (Å²) in [6.07, 6.45) is 0.966. The van der Waals surface area contributed by atoms with Crippen molar-refractivity contribution < 1.29 is 9.53 Å². The molecule has 0 unspecified atom stereocenters. The Morgan fingerprint density at radius 2 is 2.07 bits per heavy atom. The van der Waals surface area contributed by atoms with Crippen LogP contribution in [0.1, 0.15) is 20.3 Å². The summed E-state index contributed by atoms with van der Waals surface area (Å²) in [6, 6.07) is 0.115. The zero-order chi connectivity index (χ0) is 10.3. The van der Waals surface area contributed by atoms with Crippen LogP contribution >= 0.6 is 12.4 Å². The first-order valence-corrected chi connectivity index (χ1v) is 4.59. The van der Waals surface area contributed by atoms with Crippen LogP contribution in [0.25, 0.3) is 0 Å². The van der Waals surface area contributed by atoms with Gasteiger partial charge in [0.25, 0.3) is 0 Å². The van der Waals surface area contributed by atoms with Crippen LogP contribution < -0.4 is 11.1 Å². The van der Waals surface area contributed by atoms with E-state index in [9.17, 15) is 4.79 Å². The minimum atomic E-state index is -0.253. The minimum absolute atomic E-state index is 0. The maximum Gasteiger partial charge on any atom is 0.319 e. The van der Waals surface area contributed by atoms with Crippen molar-refractivity contribution in [2.24, 2.45) is 11.7 Å². The predicted octanol–water partition coefficient (Wildman–Crippen LogP) is 0.544. The Morgan fingerprint density at radius 1 is 1.50 bits per heavy atom. The average Bonchev–Trinajstić information content (AvgIpc) is 2.02. The average molecular weight is 225 g/mol. The van der Waals surface area contributed by atoms with Gasteiger partial charge < -0.3 is 15.8 Å². The molecule has 0 aliphatic heterocycles. The molecule has 0 spiro atoms. The van der Waals surface area contributed by atoms with Gasteiger partial charge in [0.1, 0.15) is 0 Å². The van der Waals surface area contributed by atoms with Gasteiger partial charge in [0.05, 0.1) is 13.7 Å². The fourth-order valence-electron chi connectivity index (χ4n) is 1.12. The van der Waals surface area contributed by atoms with E-state index >= 15 is 0 Å². The maximum atomic E-state index is 10.7. The highest BCUT2D eigenvalue weighted by Gasteiger charge is 2.06. The molecule has 3 N–H and O–H groups in total. The third kappa shape index (κ3) is 9.77. The summed E-state index contributed by atoms with van der Waals surface area (Å²) >= 11 is 0. The second kappa shape index (κ2) is 9.24. The molecule has 86 valence electrons. The normalized spacial score (nSPS) is 12.1. The first kappa shape index (κ1) is 16.1. The Bertz CT molecular complexity index is 154. The Morgan fingerprint density at radius 3 is 2.50 bits per heavy atom. The minimum Gasteiger partial charge on any atom is -0.468 e. The van der Waals surface area contributed by atoms with Gasteiger partial charge in [0.2, 0.25) is 0 Å². The van der Waals surface area contributed by atoms with E-state index in [1.807, 2.05) is 0 Å². The molecule has 0 bridgehead atoms. The van der Waals surface area contributed by atoms with Crippen LogP contribution in [0.5, 0.6) is 0 Å². The topological polar surface area (TPSA) is 64.3 Å². The molecule has 0 aliphatic rings. The van der Waals surface area contributed by atoms with Gasteiger partial charge >= 0.3 is 5.97 Å². The molecule has 0 heterocycles. The van der Waals surface area contributed by atoms with Crippen LogP contribution in [0.2, 0.25) is 0 Å². The van der Waals surface area contributed by atoms with Crippen molar-refractivity contribution in [3.8, 4) is 0 Å². The van der Waals surface area contributed by atoms with Crippen molar-refractivity contribution in [3.05, 3.63) is 0 Å². The summed E-state index contributed by atoms with van der Waals surface area (Å²) in [4.78, 5) is 10.7. The van der Waals surface area contributed by atoms with Gasteiger partial charge in [-0.05, 0) is 12.3 Å². The Labute approximate surface area is 92.0 Å². The number of ether oxygens (including phenoxy) is 1. The standard InChI is InChI=1S/C9H20N2O2.ClH/c1-7(2)4-8(10)5-11-6-9(12)13-3;/h7-8,11H,4-6,10H2,1-3H3;1H/t8-;/m0./s1. The number of hydrogen-bond donors (Lipinski definition) is 2. The first-order chi connectivity index (χ1) is 6.06. The Balaban J connectivity index is 0. The van der Waals surface area contributed by atoms with Crippen molar-refractivity contribution in [2.45, 2.75) is 26.3 Å². The lowest BCUT2D eigenvalue weighted by Gasteiger charge is -2.13. The quantitative estimate of drug-likeness (QED) is 0.647. The highest BCUT2D eigenvalue weighted by Crippen LogP contribution is 2.01. The van der Waals surface area contributed by atoms with Crippen molar-refractivity contribution in [1.29, 1.82) is 0 Å². The highest BCUT2D eigenvalue weighted by molar-refractivity contribution is 5.85. The monoisotopic (exact) mass is 224 g/mol. The fourth-order valence-corrected chi connectivity index (χ4v) is 1.12. The highest BCUT2D eigenvalue weighted by atomic mass is 35.5. The molecule has 1 atom stereocenters. The lowest BCUT2D eigenvalue weighted by Crippen LogP contribution is -2.37. The molecule has 0 amide bonds. The number of nitrogens with one attached hydrogen (secondary N) is 1. The molecule has 0 rings (SSSR count). The molecule has 0 saturated carbocycles. The Hall–Kier alpha value is -0.320. The maximum absolute atomic E-state index is 10.7. The number of halogens is 1. The van der Waals surface area contributed by atoms with E-state index in [0.717, 1.165) is 6.42 Å². The number of carbonyl (C=O) groups is 1. The second-order valence-electron chi connectivity index (χ2n) is 3.60. The lowest BCUT2D eigenvalue weighted by atomic mass is 10.0. The van der Waals surface area contributed by atoms with E-state index in [0.29, 0.717) is 12.5 Å². The molecule has 14 heavy (non-hydrogen) atoms.